The molecular weight excluding hydrogens is 407 g/mol. The molecule has 2 amide bonds. The van der Waals surface area contributed by atoms with Crippen LogP contribution in [0.4, 0.5) is 4.79 Å². The van der Waals surface area contributed by atoms with Gasteiger partial charge in [-0.3, -0.25) is 0 Å². The Morgan fingerprint density at radius 2 is 1.86 bits per heavy atom. The van der Waals surface area contributed by atoms with E-state index in [9.17, 15) is 9.59 Å². The van der Waals surface area contributed by atoms with Crippen molar-refractivity contribution in [3.63, 3.8) is 0 Å². The maximum absolute atomic E-state index is 12.9. The number of halogens is 2. The molecule has 1 aliphatic heterocycles. The van der Waals surface area contributed by atoms with E-state index in [1.165, 1.54) is 14.2 Å². The van der Waals surface area contributed by atoms with E-state index < -0.39 is 18.0 Å². The van der Waals surface area contributed by atoms with E-state index in [1.54, 1.807) is 19.9 Å². The second-order valence-electron chi connectivity index (χ2n) is 6.46. The summed E-state index contributed by atoms with van der Waals surface area (Å²) in [6.45, 7) is 5.45. The summed E-state index contributed by atoms with van der Waals surface area (Å²) in [5.74, 6) is -0.0462. The number of urea groups is 1. The summed E-state index contributed by atoms with van der Waals surface area (Å²) >= 11 is 12.7. The first kappa shape index (κ1) is 22.2. The van der Waals surface area contributed by atoms with E-state index in [0.717, 1.165) is 6.42 Å². The summed E-state index contributed by atoms with van der Waals surface area (Å²) in [6, 6.07) is 0.269. The molecular formula is C19H24Cl2N2O5. The molecule has 1 aromatic carbocycles. The van der Waals surface area contributed by atoms with Gasteiger partial charge in [-0.25, -0.2) is 9.59 Å². The van der Waals surface area contributed by atoms with E-state index in [0.29, 0.717) is 17.7 Å². The number of nitrogens with one attached hydrogen (secondary N) is 2. The Labute approximate surface area is 174 Å². The molecule has 1 heterocycles. The quantitative estimate of drug-likeness (QED) is 0.627. The van der Waals surface area contributed by atoms with Crippen molar-refractivity contribution >= 4 is 35.2 Å². The van der Waals surface area contributed by atoms with Crippen molar-refractivity contribution in [1.82, 2.24) is 10.6 Å². The van der Waals surface area contributed by atoms with Gasteiger partial charge in [-0.15, -0.1) is 0 Å². The molecule has 0 aromatic heterocycles. The highest BCUT2D eigenvalue weighted by Crippen LogP contribution is 2.46. The monoisotopic (exact) mass is 430 g/mol. The molecule has 28 heavy (non-hydrogen) atoms. The van der Waals surface area contributed by atoms with Crippen molar-refractivity contribution in [1.29, 1.82) is 0 Å². The average molecular weight is 431 g/mol. The fourth-order valence-electron chi connectivity index (χ4n) is 3.03. The van der Waals surface area contributed by atoms with Crippen LogP contribution >= 0.6 is 23.2 Å². The molecule has 9 heteroatoms. The molecule has 0 aliphatic carbocycles. The van der Waals surface area contributed by atoms with E-state index in [-0.39, 0.29) is 33.2 Å². The van der Waals surface area contributed by atoms with Crippen molar-refractivity contribution in [2.45, 2.75) is 45.8 Å². The molecule has 1 unspecified atom stereocenters. The SMILES string of the molecule is CCCC1=C(C(=O)OC(C)C)C(c2cc(Cl)c(OC)c(Cl)c2OC)NC(=O)N1. The van der Waals surface area contributed by atoms with Gasteiger partial charge in [0.15, 0.2) is 5.75 Å². The van der Waals surface area contributed by atoms with Gasteiger partial charge >= 0.3 is 12.0 Å². The topological polar surface area (TPSA) is 85.9 Å². The van der Waals surface area contributed by atoms with Crippen LogP contribution < -0.4 is 20.1 Å². The number of amides is 2. The number of benzene rings is 1. The van der Waals surface area contributed by atoms with Crippen LogP contribution in [-0.2, 0) is 9.53 Å². The molecule has 1 aliphatic rings. The lowest BCUT2D eigenvalue weighted by Gasteiger charge is -2.31. The fourth-order valence-corrected chi connectivity index (χ4v) is 3.73. The Kier molecular flexibility index (Phi) is 7.43. The minimum Gasteiger partial charge on any atom is -0.495 e. The van der Waals surface area contributed by atoms with Gasteiger partial charge in [0.05, 0.1) is 37.0 Å². The Balaban J connectivity index is 2.71. The van der Waals surface area contributed by atoms with Gasteiger partial charge in [0.1, 0.15) is 10.8 Å². The summed E-state index contributed by atoms with van der Waals surface area (Å²) in [4.78, 5) is 25.1. The third-order valence-electron chi connectivity index (χ3n) is 4.10. The van der Waals surface area contributed by atoms with Crippen LogP contribution in [0, 0.1) is 0 Å². The van der Waals surface area contributed by atoms with Crippen molar-refractivity contribution < 1.29 is 23.8 Å². The van der Waals surface area contributed by atoms with Crippen molar-refractivity contribution in [2.75, 3.05) is 14.2 Å². The van der Waals surface area contributed by atoms with Gasteiger partial charge in [-0.05, 0) is 26.3 Å². The molecule has 1 atom stereocenters. The normalized spacial score (nSPS) is 16.6. The Hall–Kier alpha value is -2.12. The number of esters is 1. The Morgan fingerprint density at radius 1 is 1.21 bits per heavy atom. The van der Waals surface area contributed by atoms with E-state index in [4.69, 9.17) is 37.4 Å². The molecule has 7 nitrogen and oxygen atoms in total. The highest BCUT2D eigenvalue weighted by molar-refractivity contribution is 6.38. The number of ether oxygens (including phenoxy) is 3. The minimum absolute atomic E-state index is 0.147. The molecule has 1 aromatic rings. The van der Waals surface area contributed by atoms with Gasteiger partial charge in [-0.1, -0.05) is 36.5 Å². The summed E-state index contributed by atoms with van der Waals surface area (Å²) in [6.07, 6.45) is 0.889. The summed E-state index contributed by atoms with van der Waals surface area (Å²) in [7, 11) is 2.87. The number of hydrogen-bond acceptors (Lipinski definition) is 5. The zero-order valence-corrected chi connectivity index (χ0v) is 18.0. The van der Waals surface area contributed by atoms with Crippen LogP contribution in [0.25, 0.3) is 0 Å². The number of allylic oxidation sites excluding steroid dienone is 1. The zero-order valence-electron chi connectivity index (χ0n) is 16.4. The van der Waals surface area contributed by atoms with Crippen molar-refractivity contribution in [2.24, 2.45) is 0 Å². The number of rotatable bonds is 7. The minimum atomic E-state index is -0.850. The van der Waals surface area contributed by atoms with Crippen LogP contribution in [-0.4, -0.2) is 32.3 Å². The van der Waals surface area contributed by atoms with Gasteiger partial charge in [-0.2, -0.15) is 0 Å². The Bertz CT molecular complexity index is 808. The highest BCUT2D eigenvalue weighted by atomic mass is 35.5. The van der Waals surface area contributed by atoms with Crippen molar-refractivity contribution in [3.8, 4) is 11.5 Å². The second-order valence-corrected chi connectivity index (χ2v) is 7.24. The number of carbonyl (C=O) groups excluding carboxylic acids is 2. The lowest BCUT2D eigenvalue weighted by atomic mass is 9.93. The fraction of sp³-hybridized carbons (Fsp3) is 0.474. The molecule has 2 N–H and O–H groups in total. The largest absolute Gasteiger partial charge is 0.495 e. The molecule has 154 valence electrons. The standard InChI is InChI=1S/C19H24Cl2N2O5/c1-6-7-12-13(18(24)28-9(2)3)15(23-19(25)22-12)10-8-11(20)17(27-5)14(21)16(10)26-4/h8-9,15H,6-7H2,1-5H3,(H2,22,23,25). The van der Waals surface area contributed by atoms with Crippen LogP contribution in [0.5, 0.6) is 11.5 Å². The Morgan fingerprint density at radius 3 is 2.39 bits per heavy atom. The number of methoxy groups -OCH3 is 2. The predicted octanol–water partition coefficient (Wildman–Crippen LogP) is 4.37. The molecule has 0 spiro atoms. The number of hydrogen-bond donors (Lipinski definition) is 2. The van der Waals surface area contributed by atoms with Crippen LogP contribution in [0.3, 0.4) is 0 Å². The molecule has 0 saturated carbocycles. The van der Waals surface area contributed by atoms with E-state index in [2.05, 4.69) is 10.6 Å². The lowest BCUT2D eigenvalue weighted by molar-refractivity contribution is -0.143. The van der Waals surface area contributed by atoms with E-state index >= 15 is 0 Å². The molecule has 0 fully saturated rings. The molecule has 0 saturated heterocycles. The second kappa shape index (κ2) is 9.39. The first-order valence-electron chi connectivity index (χ1n) is 8.86. The maximum Gasteiger partial charge on any atom is 0.338 e. The first-order chi connectivity index (χ1) is 13.2. The summed E-state index contributed by atoms with van der Waals surface area (Å²) in [5.41, 5.74) is 1.20. The lowest BCUT2D eigenvalue weighted by Crippen LogP contribution is -2.46. The molecule has 2 rings (SSSR count). The smallest absolute Gasteiger partial charge is 0.338 e. The van der Waals surface area contributed by atoms with Crippen LogP contribution in [0.15, 0.2) is 17.3 Å². The van der Waals surface area contributed by atoms with Crippen LogP contribution in [0.2, 0.25) is 10.0 Å². The maximum atomic E-state index is 12.9. The highest BCUT2D eigenvalue weighted by Gasteiger charge is 2.36. The van der Waals surface area contributed by atoms with Crippen molar-refractivity contribution in [3.05, 3.63) is 32.9 Å². The molecule has 0 bridgehead atoms. The zero-order chi connectivity index (χ0) is 21.0. The van der Waals surface area contributed by atoms with Crippen LogP contribution in [0.1, 0.15) is 45.2 Å². The molecule has 0 radical (unpaired) electrons. The first-order valence-corrected chi connectivity index (χ1v) is 9.62. The summed E-state index contributed by atoms with van der Waals surface area (Å²) in [5, 5.41) is 5.83. The predicted molar refractivity (Wildman–Crippen MR) is 107 cm³/mol. The number of carbonyl (C=O) groups is 2. The van der Waals surface area contributed by atoms with E-state index in [1.807, 2.05) is 6.92 Å². The van der Waals surface area contributed by atoms with Gasteiger partial charge < -0.3 is 24.8 Å². The van der Waals surface area contributed by atoms with Gasteiger partial charge in [0.2, 0.25) is 0 Å². The summed E-state index contributed by atoms with van der Waals surface area (Å²) < 4.78 is 16.1. The van der Waals surface area contributed by atoms with Gasteiger partial charge in [0.25, 0.3) is 0 Å². The average Bonchev–Trinajstić information content (AvgIpc) is 2.60. The third-order valence-corrected chi connectivity index (χ3v) is 4.72. The van der Waals surface area contributed by atoms with Gasteiger partial charge in [0, 0.05) is 11.3 Å². The third kappa shape index (κ3) is 4.47.